The van der Waals surface area contributed by atoms with Crippen molar-refractivity contribution in [2.45, 2.75) is 82.0 Å². The monoisotopic (exact) mass is 453 g/mol. The summed E-state index contributed by atoms with van der Waals surface area (Å²) in [6.07, 6.45) is 18.9. The zero-order chi connectivity index (χ0) is 23.0. The first-order valence-corrected chi connectivity index (χ1v) is 13.0. The summed E-state index contributed by atoms with van der Waals surface area (Å²) in [7, 11) is 0. The highest BCUT2D eigenvalue weighted by atomic mass is 15.2. The fourth-order valence-corrected chi connectivity index (χ4v) is 6.38. The zero-order valence-electron chi connectivity index (χ0n) is 19.9. The molecule has 0 bridgehead atoms. The summed E-state index contributed by atoms with van der Waals surface area (Å²) in [4.78, 5) is 16.1. The summed E-state index contributed by atoms with van der Waals surface area (Å²) in [5, 5.41) is 0. The van der Waals surface area contributed by atoms with Crippen LogP contribution >= 0.6 is 0 Å². The van der Waals surface area contributed by atoms with E-state index in [1.165, 1.54) is 23.3 Å². The molecule has 0 saturated heterocycles. The van der Waals surface area contributed by atoms with Gasteiger partial charge in [0.05, 0.1) is 29.3 Å². The molecule has 0 radical (unpaired) electrons. The van der Waals surface area contributed by atoms with Crippen molar-refractivity contribution in [3.8, 4) is 0 Å². The molecular weight excluding hydrogens is 418 g/mol. The van der Waals surface area contributed by atoms with E-state index < -0.39 is 0 Å². The molecule has 1 atom stereocenters. The summed E-state index contributed by atoms with van der Waals surface area (Å²) in [6, 6.07) is 13.5. The van der Waals surface area contributed by atoms with Gasteiger partial charge in [-0.15, -0.1) is 0 Å². The van der Waals surface area contributed by atoms with Crippen molar-refractivity contribution in [3.05, 3.63) is 83.5 Å². The molecule has 0 aliphatic heterocycles. The molecule has 3 aliphatic rings. The standard InChI is InChI=1S/C29H35N5/c30-29(22-10-2-1-3-11-22)17-15-23(16-18-29)34(20-27-32-24-12-4-5-13-25(24)33-27)26-14-6-8-21-9-7-19-31-28(21)26/h2,4-5,7,9-13,19,23,26H,1,3,6,8,14-18,20,30H2,(H,32,33). The van der Waals surface area contributed by atoms with E-state index in [-0.39, 0.29) is 5.54 Å². The number of fused-ring (bicyclic) bond motifs is 2. The molecule has 3 aliphatic carbocycles. The van der Waals surface area contributed by atoms with Gasteiger partial charge in [0, 0.05) is 17.8 Å². The summed E-state index contributed by atoms with van der Waals surface area (Å²) in [5.41, 5.74) is 13.0. The number of nitrogens with two attached hydrogens (primary N) is 1. The molecule has 6 rings (SSSR count). The van der Waals surface area contributed by atoms with E-state index >= 15 is 0 Å². The van der Waals surface area contributed by atoms with E-state index in [0.29, 0.717) is 12.1 Å². The number of rotatable bonds is 5. The second kappa shape index (κ2) is 9.12. The maximum atomic E-state index is 6.99. The molecule has 5 nitrogen and oxygen atoms in total. The van der Waals surface area contributed by atoms with Gasteiger partial charge in [0.1, 0.15) is 5.82 Å². The Labute approximate surface area is 202 Å². The number of aromatic nitrogens is 3. The summed E-state index contributed by atoms with van der Waals surface area (Å²) in [5.74, 6) is 1.05. The van der Waals surface area contributed by atoms with Gasteiger partial charge in [0.2, 0.25) is 0 Å². The third-order valence-electron chi connectivity index (χ3n) is 8.22. The molecule has 1 fully saturated rings. The van der Waals surface area contributed by atoms with Crippen molar-refractivity contribution in [1.82, 2.24) is 19.9 Å². The van der Waals surface area contributed by atoms with Gasteiger partial charge in [0.15, 0.2) is 0 Å². The average Bonchev–Trinajstić information content (AvgIpc) is 3.31. The highest BCUT2D eigenvalue weighted by molar-refractivity contribution is 5.74. The molecule has 1 unspecified atom stereocenters. The number of imidazole rings is 1. The topological polar surface area (TPSA) is 70.8 Å². The Balaban J connectivity index is 1.29. The van der Waals surface area contributed by atoms with Crippen LogP contribution in [0.5, 0.6) is 0 Å². The summed E-state index contributed by atoms with van der Waals surface area (Å²) in [6.45, 7) is 0.820. The number of para-hydroxylation sites is 2. The van der Waals surface area contributed by atoms with Gasteiger partial charge >= 0.3 is 0 Å². The second-order valence-electron chi connectivity index (χ2n) is 10.4. The molecule has 0 amide bonds. The normalized spacial score (nSPS) is 27.1. The lowest BCUT2D eigenvalue weighted by molar-refractivity contribution is 0.0680. The predicted molar refractivity (Wildman–Crippen MR) is 137 cm³/mol. The third kappa shape index (κ3) is 4.12. The van der Waals surface area contributed by atoms with Gasteiger partial charge in [-0.25, -0.2) is 4.98 Å². The van der Waals surface area contributed by atoms with E-state index in [0.717, 1.165) is 74.8 Å². The van der Waals surface area contributed by atoms with Gasteiger partial charge in [-0.3, -0.25) is 9.88 Å². The molecule has 5 heteroatoms. The maximum absolute atomic E-state index is 6.99. The van der Waals surface area contributed by atoms with Crippen LogP contribution in [-0.2, 0) is 13.0 Å². The zero-order valence-corrected chi connectivity index (χ0v) is 19.9. The fraction of sp³-hybridized carbons (Fsp3) is 0.448. The number of benzene rings is 1. The lowest BCUT2D eigenvalue weighted by atomic mass is 9.73. The van der Waals surface area contributed by atoms with Gasteiger partial charge in [-0.1, -0.05) is 36.4 Å². The molecule has 3 aromatic rings. The number of aromatic amines is 1. The molecule has 1 saturated carbocycles. The number of nitrogens with zero attached hydrogens (tertiary/aromatic N) is 3. The molecule has 3 N–H and O–H groups in total. The number of pyridine rings is 1. The Kier molecular flexibility index (Phi) is 5.84. The van der Waals surface area contributed by atoms with Crippen molar-refractivity contribution >= 4 is 11.0 Å². The number of nitrogens with one attached hydrogen (secondary N) is 1. The lowest BCUT2D eigenvalue weighted by Gasteiger charge is -2.46. The quantitative estimate of drug-likeness (QED) is 0.516. The Hall–Kier alpha value is -2.76. The van der Waals surface area contributed by atoms with Crippen LogP contribution in [0.4, 0.5) is 0 Å². The van der Waals surface area contributed by atoms with Crippen LogP contribution in [0.15, 0.2) is 66.4 Å². The Morgan fingerprint density at radius 2 is 1.94 bits per heavy atom. The van der Waals surface area contributed by atoms with Crippen molar-refractivity contribution in [2.75, 3.05) is 0 Å². The number of H-pyrrole nitrogens is 1. The van der Waals surface area contributed by atoms with Crippen molar-refractivity contribution in [1.29, 1.82) is 0 Å². The summed E-state index contributed by atoms with van der Waals surface area (Å²) < 4.78 is 0. The van der Waals surface area contributed by atoms with Gasteiger partial charge in [-0.05, 0) is 87.1 Å². The Morgan fingerprint density at radius 1 is 1.06 bits per heavy atom. The average molecular weight is 454 g/mol. The minimum absolute atomic E-state index is 0.179. The minimum atomic E-state index is -0.179. The highest BCUT2D eigenvalue weighted by Crippen LogP contribution is 2.41. The molecule has 0 spiro atoms. The van der Waals surface area contributed by atoms with E-state index in [2.05, 4.69) is 64.5 Å². The molecule has 2 heterocycles. The molecular formula is C29H35N5. The van der Waals surface area contributed by atoms with Crippen molar-refractivity contribution in [3.63, 3.8) is 0 Å². The van der Waals surface area contributed by atoms with Crippen LogP contribution in [-0.4, -0.2) is 31.4 Å². The van der Waals surface area contributed by atoms with Crippen LogP contribution in [0.3, 0.4) is 0 Å². The van der Waals surface area contributed by atoms with Crippen molar-refractivity contribution in [2.24, 2.45) is 5.73 Å². The van der Waals surface area contributed by atoms with E-state index in [9.17, 15) is 0 Å². The van der Waals surface area contributed by atoms with Crippen LogP contribution in [0.2, 0.25) is 0 Å². The number of hydrogen-bond acceptors (Lipinski definition) is 4. The van der Waals surface area contributed by atoms with Gasteiger partial charge < -0.3 is 10.7 Å². The fourth-order valence-electron chi connectivity index (χ4n) is 6.38. The first-order valence-electron chi connectivity index (χ1n) is 13.0. The largest absolute Gasteiger partial charge is 0.341 e. The van der Waals surface area contributed by atoms with E-state index in [1.54, 1.807) is 0 Å². The van der Waals surface area contributed by atoms with Crippen LogP contribution in [0, 0.1) is 0 Å². The first-order chi connectivity index (χ1) is 16.7. The minimum Gasteiger partial charge on any atom is -0.341 e. The van der Waals surface area contributed by atoms with Gasteiger partial charge in [0.25, 0.3) is 0 Å². The van der Waals surface area contributed by atoms with Crippen LogP contribution < -0.4 is 5.73 Å². The lowest BCUT2D eigenvalue weighted by Crippen LogP contribution is -2.50. The molecule has 176 valence electrons. The van der Waals surface area contributed by atoms with Gasteiger partial charge in [-0.2, -0.15) is 0 Å². The van der Waals surface area contributed by atoms with Crippen LogP contribution in [0.1, 0.15) is 74.5 Å². The molecule has 1 aromatic carbocycles. The highest BCUT2D eigenvalue weighted by Gasteiger charge is 2.39. The Morgan fingerprint density at radius 3 is 2.76 bits per heavy atom. The number of aryl methyl sites for hydroxylation is 1. The number of allylic oxidation sites excluding steroid dienone is 2. The first kappa shape index (κ1) is 21.8. The summed E-state index contributed by atoms with van der Waals surface area (Å²) >= 11 is 0. The maximum Gasteiger partial charge on any atom is 0.121 e. The third-order valence-corrected chi connectivity index (χ3v) is 8.22. The SMILES string of the molecule is NC1(C2=CCCC=C2)CCC(N(Cc2nc3ccccc3[nH]2)C2CCCc3cccnc32)CC1. The number of hydrogen-bond donors (Lipinski definition) is 2. The molecule has 2 aromatic heterocycles. The van der Waals surface area contributed by atoms with E-state index in [1.807, 2.05) is 6.20 Å². The van der Waals surface area contributed by atoms with E-state index in [4.69, 9.17) is 15.7 Å². The smallest absolute Gasteiger partial charge is 0.121 e. The predicted octanol–water partition coefficient (Wildman–Crippen LogP) is 5.75. The Bertz CT molecular complexity index is 1180. The second-order valence-corrected chi connectivity index (χ2v) is 10.4. The molecule has 34 heavy (non-hydrogen) atoms. The van der Waals surface area contributed by atoms with Crippen LogP contribution in [0.25, 0.3) is 11.0 Å². The van der Waals surface area contributed by atoms with Crippen molar-refractivity contribution < 1.29 is 0 Å².